The van der Waals surface area contributed by atoms with E-state index < -0.39 is 0 Å². The van der Waals surface area contributed by atoms with E-state index in [2.05, 4.69) is 0 Å². The Bertz CT molecular complexity index is 115. The standard InChI is InChI=1S/C6H15N2O2/c1-5(2)7(6(3)4)8(9)10/h5-6H,1-4H3,(H,9,10)/q+1. The van der Waals surface area contributed by atoms with Crippen LogP contribution in [-0.2, 0) is 0 Å². The van der Waals surface area contributed by atoms with Crippen LogP contribution in [-0.4, -0.2) is 27.3 Å². The third kappa shape index (κ3) is 2.21. The van der Waals surface area contributed by atoms with E-state index in [9.17, 15) is 4.91 Å². The maximum atomic E-state index is 10.4. The summed E-state index contributed by atoms with van der Waals surface area (Å²) in [7, 11) is 0. The lowest BCUT2D eigenvalue weighted by Gasteiger charge is -2.16. The van der Waals surface area contributed by atoms with E-state index in [0.29, 0.717) is 0 Å². The molecule has 0 fully saturated rings. The molecule has 0 amide bonds. The van der Waals surface area contributed by atoms with E-state index >= 15 is 0 Å². The third-order valence-corrected chi connectivity index (χ3v) is 1.26. The summed E-state index contributed by atoms with van der Waals surface area (Å²) in [6, 6.07) is 0.0602. The molecule has 4 nitrogen and oxygen atoms in total. The number of hydrogen-bond donors (Lipinski definition) is 1. The maximum Gasteiger partial charge on any atom is 0.357 e. The molecular weight excluding hydrogens is 132 g/mol. The molecule has 0 bridgehead atoms. The van der Waals surface area contributed by atoms with Crippen molar-refractivity contribution < 1.29 is 10.2 Å². The summed E-state index contributed by atoms with van der Waals surface area (Å²) in [6.07, 6.45) is 0. The van der Waals surface area contributed by atoms with Gasteiger partial charge in [-0.1, -0.05) is 5.01 Å². The third-order valence-electron chi connectivity index (χ3n) is 1.26. The Morgan fingerprint density at radius 2 is 1.50 bits per heavy atom. The zero-order valence-electron chi connectivity index (χ0n) is 6.90. The van der Waals surface area contributed by atoms with Crippen molar-refractivity contribution in [1.29, 1.82) is 0 Å². The van der Waals surface area contributed by atoms with Crippen molar-refractivity contribution in [3.05, 3.63) is 4.91 Å². The molecule has 0 aliphatic carbocycles. The van der Waals surface area contributed by atoms with Crippen LogP contribution >= 0.6 is 0 Å². The molecule has 0 radical (unpaired) electrons. The molecule has 0 aromatic carbocycles. The molecule has 0 aliphatic heterocycles. The summed E-state index contributed by atoms with van der Waals surface area (Å²) in [5.74, 6) is 0. The van der Waals surface area contributed by atoms with Gasteiger partial charge < -0.3 is 0 Å². The van der Waals surface area contributed by atoms with Gasteiger partial charge in [0.2, 0.25) is 0 Å². The largest absolute Gasteiger partial charge is 0.357 e. The summed E-state index contributed by atoms with van der Waals surface area (Å²) in [4.78, 5) is 10.4. The summed E-state index contributed by atoms with van der Waals surface area (Å²) in [5, 5.41) is 9.79. The van der Waals surface area contributed by atoms with Crippen molar-refractivity contribution in [1.82, 2.24) is 5.01 Å². The van der Waals surface area contributed by atoms with Crippen molar-refractivity contribution >= 4 is 0 Å². The average Bonchev–Trinajstić information content (AvgIpc) is 1.59. The molecular formula is C6H15N2O2+. The predicted molar refractivity (Wildman–Crippen MR) is 37.5 cm³/mol. The number of hydrogen-bond acceptors (Lipinski definition) is 1. The molecule has 0 unspecified atom stereocenters. The lowest BCUT2D eigenvalue weighted by Crippen LogP contribution is -2.42. The minimum atomic E-state index is -0.102. The highest BCUT2D eigenvalue weighted by Crippen LogP contribution is 2.02. The Morgan fingerprint density at radius 3 is 1.50 bits per heavy atom. The lowest BCUT2D eigenvalue weighted by atomic mass is 10.3. The highest BCUT2D eigenvalue weighted by atomic mass is 16.7. The van der Waals surface area contributed by atoms with Gasteiger partial charge in [0.25, 0.3) is 0 Å². The van der Waals surface area contributed by atoms with Crippen LogP contribution in [0, 0.1) is 4.91 Å². The Labute approximate surface area is 60.9 Å². The van der Waals surface area contributed by atoms with Gasteiger partial charge in [-0.3, -0.25) is 0 Å². The quantitative estimate of drug-likeness (QED) is 0.610. The molecule has 0 atom stereocenters. The zero-order chi connectivity index (χ0) is 8.31. The fourth-order valence-electron chi connectivity index (χ4n) is 0.991. The molecule has 1 N–H and O–H groups in total. The first kappa shape index (κ1) is 9.20. The second kappa shape index (κ2) is 3.39. The number of nitrogens with zero attached hydrogens (tertiary/aromatic N) is 2. The van der Waals surface area contributed by atoms with Crippen LogP contribution in [0.1, 0.15) is 27.7 Å². The van der Waals surface area contributed by atoms with Gasteiger partial charge in [-0.2, -0.15) is 0 Å². The van der Waals surface area contributed by atoms with E-state index in [0.717, 1.165) is 0 Å². The molecule has 4 heteroatoms. The monoisotopic (exact) mass is 147 g/mol. The van der Waals surface area contributed by atoms with Gasteiger partial charge in [0.05, 0.1) is 12.1 Å². The minimum absolute atomic E-state index is 0.0301. The van der Waals surface area contributed by atoms with Gasteiger partial charge in [0.15, 0.2) is 0 Å². The number of hydrazine groups is 1. The topological polar surface area (TPSA) is 43.5 Å². The van der Waals surface area contributed by atoms with Crippen LogP contribution in [0.25, 0.3) is 0 Å². The fraction of sp³-hybridized carbons (Fsp3) is 1.00. The van der Waals surface area contributed by atoms with Crippen LogP contribution < -0.4 is 0 Å². The maximum absolute atomic E-state index is 10.4. The van der Waals surface area contributed by atoms with Crippen LogP contribution in [0.5, 0.6) is 0 Å². The molecule has 10 heavy (non-hydrogen) atoms. The Hall–Kier alpha value is -0.800. The van der Waals surface area contributed by atoms with Crippen molar-refractivity contribution in [3.63, 3.8) is 0 Å². The van der Waals surface area contributed by atoms with Crippen LogP contribution in [0.15, 0.2) is 0 Å². The van der Waals surface area contributed by atoms with E-state index in [1.165, 1.54) is 5.01 Å². The van der Waals surface area contributed by atoms with Gasteiger partial charge in [-0.15, -0.1) is 0 Å². The van der Waals surface area contributed by atoms with Crippen LogP contribution in [0.4, 0.5) is 0 Å². The average molecular weight is 147 g/mol. The first-order valence-corrected chi connectivity index (χ1v) is 3.41. The van der Waals surface area contributed by atoms with Crippen molar-refractivity contribution in [3.8, 4) is 0 Å². The summed E-state index contributed by atoms with van der Waals surface area (Å²) >= 11 is 0. The Morgan fingerprint density at radius 1 is 1.20 bits per heavy atom. The highest BCUT2D eigenvalue weighted by molar-refractivity contribution is 4.54. The van der Waals surface area contributed by atoms with Gasteiger partial charge in [-0.05, 0) is 27.7 Å². The van der Waals surface area contributed by atoms with Gasteiger partial charge in [-0.25, -0.2) is 5.21 Å². The van der Waals surface area contributed by atoms with E-state index in [-0.39, 0.29) is 17.1 Å². The molecule has 0 spiro atoms. The summed E-state index contributed by atoms with van der Waals surface area (Å²) < 4.78 is 0. The second-order valence-corrected chi connectivity index (χ2v) is 2.82. The molecule has 0 aliphatic rings. The van der Waals surface area contributed by atoms with Crippen LogP contribution in [0.3, 0.4) is 0 Å². The second-order valence-electron chi connectivity index (χ2n) is 2.82. The highest BCUT2D eigenvalue weighted by Gasteiger charge is 2.26. The van der Waals surface area contributed by atoms with Crippen molar-refractivity contribution in [2.75, 3.05) is 0 Å². The first-order valence-electron chi connectivity index (χ1n) is 3.41. The van der Waals surface area contributed by atoms with Gasteiger partial charge in [0, 0.05) is 0 Å². The molecule has 0 saturated heterocycles. The van der Waals surface area contributed by atoms with Gasteiger partial charge >= 0.3 is 5.03 Å². The lowest BCUT2D eigenvalue weighted by molar-refractivity contribution is -0.910. The zero-order valence-corrected chi connectivity index (χ0v) is 6.90. The number of rotatable bonds is 3. The smallest absolute Gasteiger partial charge is 0.219 e. The molecule has 0 rings (SSSR count). The Balaban J connectivity index is 4.12. The summed E-state index contributed by atoms with van der Waals surface area (Å²) in [5.41, 5.74) is 0. The molecule has 0 aromatic rings. The fourth-order valence-corrected chi connectivity index (χ4v) is 0.991. The normalized spacial score (nSPS) is 10.6. The molecule has 60 valence electrons. The van der Waals surface area contributed by atoms with E-state index in [1.807, 2.05) is 27.7 Å². The molecule has 0 saturated carbocycles. The van der Waals surface area contributed by atoms with Crippen molar-refractivity contribution in [2.24, 2.45) is 0 Å². The van der Waals surface area contributed by atoms with Crippen LogP contribution in [0.2, 0.25) is 0 Å². The Kier molecular flexibility index (Phi) is 3.12. The van der Waals surface area contributed by atoms with Gasteiger partial charge in [0.1, 0.15) is 4.91 Å². The first-order chi connectivity index (χ1) is 4.46. The van der Waals surface area contributed by atoms with E-state index in [4.69, 9.17) is 5.21 Å². The van der Waals surface area contributed by atoms with E-state index in [1.54, 1.807) is 0 Å². The van der Waals surface area contributed by atoms with Crippen molar-refractivity contribution in [2.45, 2.75) is 39.8 Å². The summed E-state index contributed by atoms with van der Waals surface area (Å²) in [6.45, 7) is 7.39. The molecule has 0 aromatic heterocycles. The molecule has 0 heterocycles. The predicted octanol–water partition coefficient (Wildman–Crippen LogP) is 1.19. The SMILES string of the molecule is CC(C)N(C(C)C)[N+](=O)O. The minimum Gasteiger partial charge on any atom is -0.219 e.